The highest BCUT2D eigenvalue weighted by Gasteiger charge is 2.27. The number of hydrogen-bond acceptors (Lipinski definition) is 5. The van der Waals surface area contributed by atoms with E-state index in [4.69, 9.17) is 0 Å². The van der Waals surface area contributed by atoms with Gasteiger partial charge in [-0.15, -0.1) is 35.3 Å². The summed E-state index contributed by atoms with van der Waals surface area (Å²) >= 11 is 3.13. The van der Waals surface area contributed by atoms with Crippen LogP contribution in [0.5, 0.6) is 0 Å². The molecule has 2 N–H and O–H groups in total. The number of guanidine groups is 1. The molecule has 0 aliphatic carbocycles. The van der Waals surface area contributed by atoms with Gasteiger partial charge >= 0.3 is 0 Å². The Bertz CT molecular complexity index is 729. The van der Waals surface area contributed by atoms with Crippen molar-refractivity contribution in [1.29, 1.82) is 0 Å². The van der Waals surface area contributed by atoms with E-state index < -0.39 is 10.0 Å². The lowest BCUT2D eigenvalue weighted by Gasteiger charge is -2.25. The summed E-state index contributed by atoms with van der Waals surface area (Å²) in [5.41, 5.74) is 0. The van der Waals surface area contributed by atoms with Gasteiger partial charge in [-0.3, -0.25) is 0 Å². The van der Waals surface area contributed by atoms with Gasteiger partial charge in [-0.25, -0.2) is 13.4 Å². The summed E-state index contributed by atoms with van der Waals surface area (Å²) in [4.78, 5) is 5.57. The van der Waals surface area contributed by atoms with E-state index in [-0.39, 0.29) is 28.7 Å². The Morgan fingerprint density at radius 2 is 1.93 bits per heavy atom. The Labute approximate surface area is 195 Å². The van der Waals surface area contributed by atoms with Gasteiger partial charge in [0.05, 0.1) is 6.54 Å². The maximum atomic E-state index is 12.8. The van der Waals surface area contributed by atoms with Crippen LogP contribution < -0.4 is 10.6 Å². The molecule has 0 atom stereocenters. The normalized spacial score (nSPS) is 16.5. The van der Waals surface area contributed by atoms with E-state index in [2.05, 4.69) is 35.7 Å². The van der Waals surface area contributed by atoms with E-state index in [9.17, 15) is 8.42 Å². The van der Waals surface area contributed by atoms with Gasteiger partial charge in [-0.1, -0.05) is 6.42 Å². The van der Waals surface area contributed by atoms with Crippen LogP contribution in [0.1, 0.15) is 44.9 Å². The molecule has 1 fully saturated rings. The van der Waals surface area contributed by atoms with Gasteiger partial charge in [0.2, 0.25) is 0 Å². The van der Waals surface area contributed by atoms with Crippen molar-refractivity contribution in [2.24, 2.45) is 4.99 Å². The molecule has 6 nitrogen and oxygen atoms in total. The Balaban J connectivity index is 0.00000392. The summed E-state index contributed by atoms with van der Waals surface area (Å²) in [6.07, 6.45) is 5.11. The minimum absolute atomic E-state index is 0. The number of thioether (sulfide) groups is 1. The second-order valence-corrected chi connectivity index (χ2v) is 12.0. The molecule has 2 heterocycles. The number of piperidine rings is 1. The fourth-order valence-electron chi connectivity index (χ4n) is 2.68. The Kier molecular flexibility index (Phi) is 11.1. The predicted octanol–water partition coefficient (Wildman–Crippen LogP) is 3.74. The molecule has 1 aliphatic heterocycles. The van der Waals surface area contributed by atoms with E-state index in [0.717, 1.165) is 43.2 Å². The van der Waals surface area contributed by atoms with Crippen LogP contribution in [0.3, 0.4) is 0 Å². The third-order valence-corrected chi connectivity index (χ3v) is 9.20. The lowest BCUT2D eigenvalue weighted by Crippen LogP contribution is -2.43. The van der Waals surface area contributed by atoms with Gasteiger partial charge in [0.25, 0.3) is 10.0 Å². The molecule has 10 heteroatoms. The van der Waals surface area contributed by atoms with Crippen molar-refractivity contribution >= 4 is 63.1 Å². The predicted molar refractivity (Wildman–Crippen MR) is 133 cm³/mol. The van der Waals surface area contributed by atoms with Crippen LogP contribution in [0.25, 0.3) is 0 Å². The van der Waals surface area contributed by atoms with Crippen molar-refractivity contribution in [3.05, 3.63) is 17.0 Å². The van der Waals surface area contributed by atoms with Crippen molar-refractivity contribution < 1.29 is 8.42 Å². The first kappa shape index (κ1) is 26.0. The number of sulfonamides is 1. The molecule has 0 saturated carbocycles. The summed E-state index contributed by atoms with van der Waals surface area (Å²) in [7, 11) is -3.35. The number of halogens is 1. The van der Waals surface area contributed by atoms with Gasteiger partial charge in [0.15, 0.2) is 5.96 Å². The molecular formula is C18H33IN4O2S3. The molecule has 0 spiro atoms. The minimum atomic E-state index is -3.35. The van der Waals surface area contributed by atoms with E-state index in [1.54, 1.807) is 22.1 Å². The van der Waals surface area contributed by atoms with Crippen LogP contribution in [0, 0.1) is 0 Å². The molecule has 0 unspecified atom stereocenters. The molecule has 28 heavy (non-hydrogen) atoms. The highest BCUT2D eigenvalue weighted by Crippen LogP contribution is 2.27. The quantitative estimate of drug-likeness (QED) is 0.288. The van der Waals surface area contributed by atoms with Gasteiger partial charge in [0, 0.05) is 35.8 Å². The van der Waals surface area contributed by atoms with Gasteiger partial charge in [0.1, 0.15) is 4.21 Å². The van der Waals surface area contributed by atoms with E-state index >= 15 is 0 Å². The lowest BCUT2D eigenvalue weighted by atomic mass is 10.2. The Hall–Kier alpha value is -0.0400. The average Bonchev–Trinajstić information content (AvgIpc) is 3.14. The number of hydrogen-bond donors (Lipinski definition) is 2. The maximum Gasteiger partial charge on any atom is 0.252 e. The molecule has 2 rings (SSSR count). The summed E-state index contributed by atoms with van der Waals surface area (Å²) < 4.78 is 27.7. The molecule has 162 valence electrons. The second-order valence-electron chi connectivity index (χ2n) is 7.20. The van der Waals surface area contributed by atoms with Crippen LogP contribution in [-0.2, 0) is 16.6 Å². The van der Waals surface area contributed by atoms with E-state index in [1.165, 1.54) is 11.3 Å². The van der Waals surface area contributed by atoms with Crippen molar-refractivity contribution in [2.75, 3.05) is 32.4 Å². The van der Waals surface area contributed by atoms with Crippen LogP contribution in [0.4, 0.5) is 0 Å². The molecule has 0 aromatic carbocycles. The lowest BCUT2D eigenvalue weighted by molar-refractivity contribution is 0.347. The molecule has 1 aromatic rings. The van der Waals surface area contributed by atoms with Gasteiger partial charge in [-0.05, 0) is 52.0 Å². The monoisotopic (exact) mass is 560 g/mol. The SMILES string of the molecule is CCNC(=NCc1ccc(S(=O)(=O)N2CCCCC2)s1)NCC(C)(C)SC.I. The average molecular weight is 561 g/mol. The number of aliphatic imine (C=N–C) groups is 1. The highest BCUT2D eigenvalue weighted by molar-refractivity contribution is 14.0. The molecule has 1 aliphatic rings. The Morgan fingerprint density at radius 1 is 1.25 bits per heavy atom. The zero-order chi connectivity index (χ0) is 19.9. The first-order valence-corrected chi connectivity index (χ1v) is 12.9. The molecule has 0 bridgehead atoms. The van der Waals surface area contributed by atoms with Crippen LogP contribution in [0.2, 0.25) is 0 Å². The highest BCUT2D eigenvalue weighted by atomic mass is 127. The van der Waals surface area contributed by atoms with E-state index in [1.807, 2.05) is 13.0 Å². The largest absolute Gasteiger partial charge is 0.357 e. The van der Waals surface area contributed by atoms with Crippen LogP contribution >= 0.6 is 47.1 Å². The van der Waals surface area contributed by atoms with Crippen LogP contribution in [0.15, 0.2) is 21.3 Å². The fourth-order valence-corrected chi connectivity index (χ4v) is 5.85. The second kappa shape index (κ2) is 12.0. The van der Waals surface area contributed by atoms with Gasteiger partial charge in [-0.2, -0.15) is 16.1 Å². The summed E-state index contributed by atoms with van der Waals surface area (Å²) in [5, 5.41) is 6.61. The molecule has 0 amide bonds. The Morgan fingerprint density at radius 3 is 2.54 bits per heavy atom. The molecule has 0 radical (unpaired) electrons. The summed E-state index contributed by atoms with van der Waals surface area (Å²) in [6, 6.07) is 3.59. The molecule has 1 aromatic heterocycles. The summed E-state index contributed by atoms with van der Waals surface area (Å²) in [6.45, 7) is 9.72. The maximum absolute atomic E-state index is 12.8. The number of thiophene rings is 1. The number of nitrogens with zero attached hydrogens (tertiary/aromatic N) is 2. The fraction of sp³-hybridized carbons (Fsp3) is 0.722. The van der Waals surface area contributed by atoms with Crippen molar-refractivity contribution in [3.8, 4) is 0 Å². The standard InChI is InChI=1S/C18H32N4O2S3.HI/c1-5-19-17(21-14-18(2,3)25-4)20-13-15-9-10-16(26-15)27(23,24)22-11-7-6-8-12-22;/h9-10H,5-8,11-14H2,1-4H3,(H2,19,20,21);1H. The first-order chi connectivity index (χ1) is 12.8. The smallest absolute Gasteiger partial charge is 0.252 e. The third kappa shape index (κ3) is 7.66. The topological polar surface area (TPSA) is 73.8 Å². The van der Waals surface area contributed by atoms with Crippen molar-refractivity contribution in [1.82, 2.24) is 14.9 Å². The van der Waals surface area contributed by atoms with E-state index in [0.29, 0.717) is 23.8 Å². The minimum Gasteiger partial charge on any atom is -0.357 e. The van der Waals surface area contributed by atoms with Gasteiger partial charge < -0.3 is 10.6 Å². The summed E-state index contributed by atoms with van der Waals surface area (Å²) in [5.74, 6) is 0.758. The zero-order valence-electron chi connectivity index (χ0n) is 17.2. The van der Waals surface area contributed by atoms with Crippen LogP contribution in [-0.4, -0.2) is 55.9 Å². The number of nitrogens with one attached hydrogen (secondary N) is 2. The van der Waals surface area contributed by atoms with Crippen molar-refractivity contribution in [2.45, 2.75) is 55.5 Å². The number of rotatable bonds is 8. The zero-order valence-corrected chi connectivity index (χ0v) is 21.9. The molecular weight excluding hydrogens is 527 g/mol. The third-order valence-electron chi connectivity index (χ3n) is 4.52. The van der Waals surface area contributed by atoms with Crippen molar-refractivity contribution in [3.63, 3.8) is 0 Å². The molecule has 1 saturated heterocycles. The first-order valence-electron chi connectivity index (χ1n) is 9.44.